The van der Waals surface area contributed by atoms with Crippen LogP contribution >= 0.6 is 0 Å². The van der Waals surface area contributed by atoms with E-state index in [1.165, 1.54) is 0 Å². The normalized spacial score (nSPS) is 14.1. The third-order valence-corrected chi connectivity index (χ3v) is 3.70. The number of phenolic OH excluding ortho intramolecular Hbond substituents is 1. The molecule has 22 heavy (non-hydrogen) atoms. The van der Waals surface area contributed by atoms with Crippen LogP contribution in [0.3, 0.4) is 0 Å². The first kappa shape index (κ1) is 16.3. The molecular weight excluding hydrogens is 274 g/mol. The van der Waals surface area contributed by atoms with Crippen molar-refractivity contribution in [1.29, 1.82) is 0 Å². The molecule has 3 nitrogen and oxygen atoms in total. The van der Waals surface area contributed by atoms with E-state index in [9.17, 15) is 10.2 Å². The quantitative estimate of drug-likeness (QED) is 0.765. The highest BCUT2D eigenvalue weighted by atomic mass is 16.3. The second-order valence-electron chi connectivity index (χ2n) is 5.50. The van der Waals surface area contributed by atoms with Crippen LogP contribution in [0.4, 0.5) is 0 Å². The summed E-state index contributed by atoms with van der Waals surface area (Å²) in [6, 6.07) is 15.2. The van der Waals surface area contributed by atoms with E-state index in [0.717, 1.165) is 16.7 Å². The van der Waals surface area contributed by atoms with Gasteiger partial charge in [0.2, 0.25) is 0 Å². The number of aryl methyl sites for hydroxylation is 1. The molecule has 2 atom stereocenters. The Morgan fingerprint density at radius 1 is 1.14 bits per heavy atom. The lowest BCUT2D eigenvalue weighted by atomic mass is 10.0. The molecule has 116 valence electrons. The van der Waals surface area contributed by atoms with E-state index in [1.54, 1.807) is 12.1 Å². The first-order chi connectivity index (χ1) is 10.6. The molecule has 0 heterocycles. The van der Waals surface area contributed by atoms with E-state index >= 15 is 0 Å². The molecule has 0 amide bonds. The van der Waals surface area contributed by atoms with Gasteiger partial charge in [-0.25, -0.2) is 0 Å². The summed E-state index contributed by atoms with van der Waals surface area (Å²) >= 11 is 0. The minimum atomic E-state index is -0.607. The molecule has 0 bridgehead atoms. The van der Waals surface area contributed by atoms with Gasteiger partial charge in [-0.2, -0.15) is 0 Å². The number of aromatic hydroxyl groups is 1. The summed E-state index contributed by atoms with van der Waals surface area (Å²) in [4.78, 5) is 0. The maximum absolute atomic E-state index is 10.4. The van der Waals surface area contributed by atoms with Crippen molar-refractivity contribution in [3.8, 4) is 5.75 Å². The average Bonchev–Trinajstić information content (AvgIpc) is 2.54. The Morgan fingerprint density at radius 2 is 1.86 bits per heavy atom. The fourth-order valence-corrected chi connectivity index (χ4v) is 2.28. The zero-order valence-corrected chi connectivity index (χ0v) is 13.0. The van der Waals surface area contributed by atoms with E-state index in [2.05, 4.69) is 11.4 Å². The maximum Gasteiger partial charge on any atom is 0.118 e. The Bertz CT molecular complexity index is 623. The summed E-state index contributed by atoms with van der Waals surface area (Å²) in [7, 11) is 0. The number of nitrogens with one attached hydrogen (secondary N) is 1. The Labute approximate surface area is 131 Å². The predicted molar refractivity (Wildman–Crippen MR) is 90.7 cm³/mol. The molecule has 0 aliphatic rings. The molecule has 0 saturated heterocycles. The third-order valence-electron chi connectivity index (χ3n) is 3.70. The molecule has 2 rings (SSSR count). The van der Waals surface area contributed by atoms with Crippen molar-refractivity contribution >= 4 is 6.08 Å². The van der Waals surface area contributed by atoms with E-state index in [-0.39, 0.29) is 11.8 Å². The van der Waals surface area contributed by atoms with E-state index in [0.29, 0.717) is 6.54 Å². The molecule has 3 heteroatoms. The van der Waals surface area contributed by atoms with E-state index in [4.69, 9.17) is 0 Å². The number of benzene rings is 2. The van der Waals surface area contributed by atoms with Crippen LogP contribution in [0, 0.1) is 6.92 Å². The zero-order chi connectivity index (χ0) is 15.9. The number of hydrogen-bond donors (Lipinski definition) is 3. The lowest BCUT2D eigenvalue weighted by Gasteiger charge is -2.20. The number of aliphatic hydroxyl groups is 1. The summed E-state index contributed by atoms with van der Waals surface area (Å²) in [6.45, 7) is 4.46. The molecule has 0 aliphatic heterocycles. The van der Waals surface area contributed by atoms with Gasteiger partial charge in [0.15, 0.2) is 0 Å². The van der Waals surface area contributed by atoms with Crippen LogP contribution < -0.4 is 5.32 Å². The molecule has 0 aliphatic carbocycles. The summed E-state index contributed by atoms with van der Waals surface area (Å²) in [5, 5.41) is 23.2. The third kappa shape index (κ3) is 4.45. The number of phenols is 1. The fourth-order valence-electron chi connectivity index (χ4n) is 2.28. The first-order valence-electron chi connectivity index (χ1n) is 7.50. The molecule has 0 saturated carbocycles. The van der Waals surface area contributed by atoms with Gasteiger partial charge in [-0.05, 0) is 42.7 Å². The Balaban J connectivity index is 1.87. The summed E-state index contributed by atoms with van der Waals surface area (Å²) in [5.74, 6) is 0.252. The van der Waals surface area contributed by atoms with Gasteiger partial charge >= 0.3 is 0 Å². The van der Waals surface area contributed by atoms with Crippen LogP contribution in [0.25, 0.3) is 6.08 Å². The molecule has 0 spiro atoms. The van der Waals surface area contributed by atoms with Crippen LogP contribution in [-0.4, -0.2) is 22.8 Å². The van der Waals surface area contributed by atoms with Gasteiger partial charge in [0.25, 0.3) is 0 Å². The second-order valence-corrected chi connectivity index (χ2v) is 5.50. The first-order valence-corrected chi connectivity index (χ1v) is 7.50. The molecule has 2 unspecified atom stereocenters. The van der Waals surface area contributed by atoms with Gasteiger partial charge in [-0.1, -0.05) is 48.6 Å². The smallest absolute Gasteiger partial charge is 0.118 e. The van der Waals surface area contributed by atoms with Crippen LogP contribution in [0.1, 0.15) is 29.7 Å². The largest absolute Gasteiger partial charge is 0.508 e. The van der Waals surface area contributed by atoms with Gasteiger partial charge in [-0.3, -0.25) is 0 Å². The molecule has 2 aromatic carbocycles. The van der Waals surface area contributed by atoms with Crippen LogP contribution in [0.5, 0.6) is 5.75 Å². The van der Waals surface area contributed by atoms with Crippen molar-refractivity contribution in [2.75, 3.05) is 6.54 Å². The SMILES string of the molecule is Cc1cc(C(O)C(C)NC/C=C/c2ccccc2)ccc1O. The molecular formula is C19H23NO2. The summed E-state index contributed by atoms with van der Waals surface area (Å²) < 4.78 is 0. The van der Waals surface area contributed by atoms with Gasteiger partial charge < -0.3 is 15.5 Å². The van der Waals surface area contributed by atoms with E-state index < -0.39 is 6.10 Å². The zero-order valence-electron chi connectivity index (χ0n) is 13.0. The summed E-state index contributed by atoms with van der Waals surface area (Å²) in [5.41, 5.74) is 2.74. The number of rotatable bonds is 6. The lowest BCUT2D eigenvalue weighted by molar-refractivity contribution is 0.138. The molecule has 2 aromatic rings. The topological polar surface area (TPSA) is 52.5 Å². The molecule has 0 radical (unpaired) electrons. The van der Waals surface area contributed by atoms with Crippen molar-refractivity contribution in [3.05, 3.63) is 71.3 Å². The average molecular weight is 297 g/mol. The van der Waals surface area contributed by atoms with Crippen molar-refractivity contribution in [2.24, 2.45) is 0 Å². The Morgan fingerprint density at radius 3 is 2.55 bits per heavy atom. The van der Waals surface area contributed by atoms with Gasteiger partial charge in [0, 0.05) is 12.6 Å². The molecule has 0 fully saturated rings. The van der Waals surface area contributed by atoms with Crippen molar-refractivity contribution in [2.45, 2.75) is 26.0 Å². The highest BCUT2D eigenvalue weighted by Gasteiger charge is 2.15. The number of hydrogen-bond acceptors (Lipinski definition) is 3. The molecule has 3 N–H and O–H groups in total. The fraction of sp³-hybridized carbons (Fsp3) is 0.263. The van der Waals surface area contributed by atoms with Gasteiger partial charge in [0.05, 0.1) is 6.10 Å². The van der Waals surface area contributed by atoms with Gasteiger partial charge in [-0.15, -0.1) is 0 Å². The highest BCUT2D eigenvalue weighted by molar-refractivity contribution is 5.48. The summed E-state index contributed by atoms with van der Waals surface area (Å²) in [6.07, 6.45) is 3.49. The maximum atomic E-state index is 10.4. The van der Waals surface area contributed by atoms with E-state index in [1.807, 2.05) is 56.3 Å². The Hall–Kier alpha value is -2.10. The monoisotopic (exact) mass is 297 g/mol. The lowest BCUT2D eigenvalue weighted by Crippen LogP contribution is -2.32. The van der Waals surface area contributed by atoms with Gasteiger partial charge in [0.1, 0.15) is 5.75 Å². The second kappa shape index (κ2) is 7.78. The van der Waals surface area contributed by atoms with Crippen molar-refractivity contribution in [3.63, 3.8) is 0 Å². The van der Waals surface area contributed by atoms with Crippen molar-refractivity contribution < 1.29 is 10.2 Å². The highest BCUT2D eigenvalue weighted by Crippen LogP contribution is 2.23. The minimum absolute atomic E-state index is 0.0793. The standard InChI is InChI=1S/C19H23NO2/c1-14-13-17(10-11-18(14)21)19(22)15(2)20-12-6-9-16-7-4-3-5-8-16/h3-11,13,15,19-22H,12H2,1-2H3/b9-6+. The van der Waals surface area contributed by atoms with Crippen LogP contribution in [0.15, 0.2) is 54.6 Å². The number of aliphatic hydroxyl groups excluding tert-OH is 1. The van der Waals surface area contributed by atoms with Crippen LogP contribution in [-0.2, 0) is 0 Å². The predicted octanol–water partition coefficient (Wildman–Crippen LogP) is 3.43. The minimum Gasteiger partial charge on any atom is -0.508 e. The van der Waals surface area contributed by atoms with Crippen LogP contribution in [0.2, 0.25) is 0 Å². The molecule has 0 aromatic heterocycles. The van der Waals surface area contributed by atoms with Crippen molar-refractivity contribution in [1.82, 2.24) is 5.32 Å². The Kier molecular flexibility index (Phi) is 5.75.